The molecule has 2 heteroatoms. The summed E-state index contributed by atoms with van der Waals surface area (Å²) in [5.74, 6) is 1.12. The first-order valence-electron chi connectivity index (χ1n) is 5.55. The van der Waals surface area contributed by atoms with Crippen molar-refractivity contribution in [3.05, 3.63) is 0 Å². The van der Waals surface area contributed by atoms with Gasteiger partial charge in [0.05, 0.1) is 0 Å². The Morgan fingerprint density at radius 1 is 1.08 bits per heavy atom. The highest BCUT2D eigenvalue weighted by Crippen LogP contribution is 2.09. The molecule has 0 aliphatic rings. The van der Waals surface area contributed by atoms with Crippen LogP contribution >= 0.6 is 11.8 Å². The van der Waals surface area contributed by atoms with E-state index >= 15 is 0 Å². The van der Waals surface area contributed by atoms with E-state index in [9.17, 15) is 0 Å². The number of hydrogen-bond donors (Lipinski definition) is 1. The van der Waals surface area contributed by atoms with Crippen LogP contribution in [-0.2, 0) is 0 Å². The van der Waals surface area contributed by atoms with Crippen molar-refractivity contribution >= 4 is 11.8 Å². The van der Waals surface area contributed by atoms with Crippen molar-refractivity contribution in [2.45, 2.75) is 57.9 Å². The molecule has 1 atom stereocenters. The molecule has 0 aromatic carbocycles. The fourth-order valence-corrected chi connectivity index (χ4v) is 2.08. The Bertz CT molecular complexity index is 96.1. The predicted octanol–water partition coefficient (Wildman–Crippen LogP) is 3.43. The van der Waals surface area contributed by atoms with Crippen molar-refractivity contribution in [2.24, 2.45) is 5.73 Å². The molecule has 80 valence electrons. The van der Waals surface area contributed by atoms with E-state index in [1.54, 1.807) is 0 Å². The first kappa shape index (κ1) is 13.3. The second-order valence-corrected chi connectivity index (χ2v) is 4.68. The highest BCUT2D eigenvalue weighted by atomic mass is 32.2. The Labute approximate surface area is 87.9 Å². The van der Waals surface area contributed by atoms with Gasteiger partial charge in [-0.05, 0) is 12.7 Å². The highest BCUT2D eigenvalue weighted by Gasteiger charge is 1.99. The summed E-state index contributed by atoms with van der Waals surface area (Å²) in [6, 6.07) is 0.432. The summed E-state index contributed by atoms with van der Waals surface area (Å²) in [4.78, 5) is 0. The van der Waals surface area contributed by atoms with E-state index in [0.29, 0.717) is 6.04 Å². The zero-order valence-electron chi connectivity index (χ0n) is 9.22. The summed E-state index contributed by atoms with van der Waals surface area (Å²) in [7, 11) is 0. The fourth-order valence-electron chi connectivity index (χ4n) is 1.48. The molecule has 0 saturated carbocycles. The summed E-state index contributed by atoms with van der Waals surface area (Å²) in [5.41, 5.74) is 5.90. The second kappa shape index (κ2) is 10.4. The molecule has 0 aromatic rings. The van der Waals surface area contributed by atoms with Gasteiger partial charge in [-0.15, -0.1) is 0 Å². The van der Waals surface area contributed by atoms with Crippen molar-refractivity contribution < 1.29 is 0 Å². The molecule has 0 fully saturated rings. The van der Waals surface area contributed by atoms with Crippen molar-refractivity contribution in [3.8, 4) is 0 Å². The monoisotopic (exact) mass is 203 g/mol. The molecule has 0 saturated heterocycles. The first-order chi connectivity index (χ1) is 6.31. The number of hydrogen-bond acceptors (Lipinski definition) is 2. The van der Waals surface area contributed by atoms with E-state index in [-0.39, 0.29) is 0 Å². The van der Waals surface area contributed by atoms with E-state index in [4.69, 9.17) is 5.73 Å². The van der Waals surface area contributed by atoms with Gasteiger partial charge < -0.3 is 5.73 Å². The first-order valence-corrected chi connectivity index (χ1v) is 6.95. The average Bonchev–Trinajstić information content (AvgIpc) is 2.11. The van der Waals surface area contributed by atoms with Gasteiger partial charge in [-0.25, -0.2) is 0 Å². The standard InChI is InChI=1S/C11H25NS/c1-3-4-5-6-7-8-9-11(12)10-13-2/h11H,3-10,12H2,1-2H3. The van der Waals surface area contributed by atoms with Crippen molar-refractivity contribution in [1.82, 2.24) is 0 Å². The van der Waals surface area contributed by atoms with Crippen LogP contribution in [0.2, 0.25) is 0 Å². The van der Waals surface area contributed by atoms with Crippen LogP contribution in [0.15, 0.2) is 0 Å². The minimum Gasteiger partial charge on any atom is -0.327 e. The van der Waals surface area contributed by atoms with Crippen LogP contribution in [-0.4, -0.2) is 18.1 Å². The lowest BCUT2D eigenvalue weighted by Gasteiger charge is -2.08. The predicted molar refractivity (Wildman–Crippen MR) is 64.4 cm³/mol. The zero-order chi connectivity index (χ0) is 9.94. The highest BCUT2D eigenvalue weighted by molar-refractivity contribution is 7.98. The molecule has 0 spiro atoms. The Balaban J connectivity index is 2.97. The van der Waals surface area contributed by atoms with E-state index in [1.165, 1.54) is 44.9 Å². The number of thioether (sulfide) groups is 1. The summed E-state index contributed by atoms with van der Waals surface area (Å²) >= 11 is 1.86. The summed E-state index contributed by atoms with van der Waals surface area (Å²) in [6.07, 6.45) is 11.6. The van der Waals surface area contributed by atoms with Crippen molar-refractivity contribution in [2.75, 3.05) is 12.0 Å². The smallest absolute Gasteiger partial charge is 0.0130 e. The molecule has 0 bridgehead atoms. The normalized spacial score (nSPS) is 13.2. The molecule has 0 aliphatic carbocycles. The maximum absolute atomic E-state index is 5.90. The molecule has 0 heterocycles. The van der Waals surface area contributed by atoms with Crippen molar-refractivity contribution in [1.29, 1.82) is 0 Å². The Kier molecular flexibility index (Phi) is 10.6. The Hall–Kier alpha value is 0.310. The van der Waals surface area contributed by atoms with Crippen LogP contribution in [0.4, 0.5) is 0 Å². The summed E-state index contributed by atoms with van der Waals surface area (Å²) in [6.45, 7) is 2.26. The minimum atomic E-state index is 0.432. The lowest BCUT2D eigenvalue weighted by Crippen LogP contribution is -2.22. The molecular weight excluding hydrogens is 178 g/mol. The zero-order valence-corrected chi connectivity index (χ0v) is 10.0. The second-order valence-electron chi connectivity index (χ2n) is 3.77. The molecular formula is C11H25NS. The van der Waals surface area contributed by atoms with Crippen LogP contribution in [0.5, 0.6) is 0 Å². The van der Waals surface area contributed by atoms with Gasteiger partial charge in [-0.1, -0.05) is 45.4 Å². The minimum absolute atomic E-state index is 0.432. The van der Waals surface area contributed by atoms with Gasteiger partial charge in [0.25, 0.3) is 0 Å². The molecule has 0 aromatic heterocycles. The molecule has 2 N–H and O–H groups in total. The third-order valence-electron chi connectivity index (χ3n) is 2.31. The van der Waals surface area contributed by atoms with Gasteiger partial charge in [0, 0.05) is 11.8 Å². The van der Waals surface area contributed by atoms with Crippen molar-refractivity contribution in [3.63, 3.8) is 0 Å². The SMILES string of the molecule is CCCCCCCCC(N)CSC. The Morgan fingerprint density at radius 2 is 1.69 bits per heavy atom. The third-order valence-corrected chi connectivity index (χ3v) is 3.07. The van der Waals surface area contributed by atoms with Crippen LogP contribution in [0, 0.1) is 0 Å². The molecule has 0 aliphatic heterocycles. The fraction of sp³-hybridized carbons (Fsp3) is 1.00. The quantitative estimate of drug-likeness (QED) is 0.581. The Morgan fingerprint density at radius 3 is 2.31 bits per heavy atom. The van der Waals surface area contributed by atoms with E-state index in [2.05, 4.69) is 13.2 Å². The van der Waals surface area contributed by atoms with E-state index < -0.39 is 0 Å². The van der Waals surface area contributed by atoms with Crippen LogP contribution in [0.25, 0.3) is 0 Å². The molecule has 1 nitrogen and oxygen atoms in total. The summed E-state index contributed by atoms with van der Waals surface area (Å²) < 4.78 is 0. The molecule has 0 rings (SSSR count). The van der Waals surface area contributed by atoms with Gasteiger partial charge >= 0.3 is 0 Å². The molecule has 0 amide bonds. The van der Waals surface area contributed by atoms with Gasteiger partial charge in [0.15, 0.2) is 0 Å². The van der Waals surface area contributed by atoms with E-state index in [1.807, 2.05) is 11.8 Å². The number of nitrogens with two attached hydrogens (primary N) is 1. The van der Waals surface area contributed by atoms with Gasteiger partial charge in [-0.3, -0.25) is 0 Å². The number of unbranched alkanes of at least 4 members (excludes halogenated alkanes) is 5. The lowest BCUT2D eigenvalue weighted by molar-refractivity contribution is 0.557. The van der Waals surface area contributed by atoms with Gasteiger partial charge in [0.2, 0.25) is 0 Å². The van der Waals surface area contributed by atoms with Gasteiger partial charge in [0.1, 0.15) is 0 Å². The largest absolute Gasteiger partial charge is 0.327 e. The summed E-state index contributed by atoms with van der Waals surface area (Å²) in [5, 5.41) is 0. The van der Waals surface area contributed by atoms with E-state index in [0.717, 1.165) is 5.75 Å². The average molecular weight is 203 g/mol. The molecule has 13 heavy (non-hydrogen) atoms. The topological polar surface area (TPSA) is 26.0 Å². The van der Waals surface area contributed by atoms with Crippen LogP contribution in [0.3, 0.4) is 0 Å². The van der Waals surface area contributed by atoms with Gasteiger partial charge in [-0.2, -0.15) is 11.8 Å². The maximum Gasteiger partial charge on any atom is 0.0130 e. The molecule has 0 radical (unpaired) electrons. The third kappa shape index (κ3) is 10.2. The maximum atomic E-state index is 5.90. The molecule has 1 unspecified atom stereocenters. The number of rotatable bonds is 9. The lowest BCUT2D eigenvalue weighted by atomic mass is 10.1. The van der Waals surface area contributed by atoms with Crippen LogP contribution in [0.1, 0.15) is 51.9 Å². The van der Waals surface area contributed by atoms with Crippen LogP contribution < -0.4 is 5.73 Å².